The van der Waals surface area contributed by atoms with Crippen molar-refractivity contribution in [2.24, 2.45) is 17.8 Å². The zero-order chi connectivity index (χ0) is 44.2. The van der Waals surface area contributed by atoms with E-state index in [0.717, 1.165) is 0 Å². The third kappa shape index (κ3) is 14.8. The number of ether oxygens (including phenoxy) is 6. The van der Waals surface area contributed by atoms with E-state index in [2.05, 4.69) is 0 Å². The van der Waals surface area contributed by atoms with Gasteiger partial charge < -0.3 is 78.4 Å². The molecular weight excluding hydrogens is 794 g/mol. The summed E-state index contributed by atoms with van der Waals surface area (Å²) in [5.41, 5.74) is -4.37. The van der Waals surface area contributed by atoms with Gasteiger partial charge in [-0.1, -0.05) is 20.8 Å². The first-order chi connectivity index (χ1) is 25.9. The third-order valence-electron chi connectivity index (χ3n) is 12.2. The Kier molecular flexibility index (Phi) is 21.9. The van der Waals surface area contributed by atoms with Crippen molar-refractivity contribution in [1.29, 1.82) is 0 Å². The molecule has 0 saturated carbocycles. The molecule has 3 rings (SSSR count). The van der Waals surface area contributed by atoms with Crippen LogP contribution in [0.2, 0.25) is 0 Å². The molecule has 3 aliphatic rings. The van der Waals surface area contributed by atoms with Crippen LogP contribution in [-0.4, -0.2) is 176 Å². The summed E-state index contributed by atoms with van der Waals surface area (Å²) in [5.74, 6) is -2.58. The second kappa shape index (κ2) is 22.6. The van der Waals surface area contributed by atoms with Gasteiger partial charge in [-0.05, 0) is 94.8 Å². The van der Waals surface area contributed by atoms with Crippen LogP contribution in [0, 0.1) is 17.8 Å². The number of phosphoric acid groups is 1. The SMILES string of the molecule is CC[C@H]1OC(=O)[C@H](C)[C@@H](O[C@H]2C[C@@](C)(OC)[C@@H](O)[C@H](C)O2)[C@H](C)[C@@H](O[C@@H]2O[C@H](C)C[C@H](N(C)C)[C@H]2O)[C@](C)(O)C[C@@H](C)CN(C)[C@H](C)[C@@H](O)[C@]1(C)O.O=P([O-])(O)O.[Na+]. The molecule has 0 unspecified atom stereocenters. The molecule has 7 N–H and O–H groups in total. The molecule has 58 heavy (non-hydrogen) atoms. The summed E-state index contributed by atoms with van der Waals surface area (Å²) in [6, 6.07) is -0.808. The molecule has 3 fully saturated rings. The van der Waals surface area contributed by atoms with E-state index in [1.165, 1.54) is 14.0 Å². The van der Waals surface area contributed by atoms with Crippen LogP contribution < -0.4 is 34.5 Å². The third-order valence-corrected chi connectivity index (χ3v) is 12.2. The maximum Gasteiger partial charge on any atom is 1.00 e. The van der Waals surface area contributed by atoms with Crippen LogP contribution in [0.4, 0.5) is 0 Å². The van der Waals surface area contributed by atoms with Gasteiger partial charge >= 0.3 is 35.5 Å². The molecule has 0 spiro atoms. The maximum atomic E-state index is 14.2. The summed E-state index contributed by atoms with van der Waals surface area (Å²) in [7, 11) is 2.23. The van der Waals surface area contributed by atoms with Crippen molar-refractivity contribution in [2.75, 3.05) is 34.8 Å². The molecule has 20 heteroatoms. The number of esters is 1. The number of rotatable bonds is 7. The summed E-state index contributed by atoms with van der Waals surface area (Å²) >= 11 is 0. The number of nitrogens with zero attached hydrogens (tertiary/aromatic N) is 2. The van der Waals surface area contributed by atoms with E-state index in [-0.39, 0.29) is 66.9 Å². The molecule has 338 valence electrons. The molecule has 0 bridgehead atoms. The van der Waals surface area contributed by atoms with Crippen molar-refractivity contribution in [3.63, 3.8) is 0 Å². The first-order valence-corrected chi connectivity index (χ1v) is 21.4. The van der Waals surface area contributed by atoms with Gasteiger partial charge in [0.15, 0.2) is 12.6 Å². The Bertz CT molecular complexity index is 1300. The summed E-state index contributed by atoms with van der Waals surface area (Å²) in [5, 5.41) is 58.1. The number of cyclic esters (lactones) is 1. The number of hydrogen-bond donors (Lipinski definition) is 7. The van der Waals surface area contributed by atoms with E-state index in [4.69, 9.17) is 47.7 Å². The zero-order valence-corrected chi connectivity index (χ0v) is 40.2. The zero-order valence-electron chi connectivity index (χ0n) is 37.3. The van der Waals surface area contributed by atoms with Crippen LogP contribution in [-0.2, 0) is 37.8 Å². The number of carbonyl (C=O) groups is 1. The van der Waals surface area contributed by atoms with Crippen LogP contribution in [0.25, 0.3) is 0 Å². The Morgan fingerprint density at radius 1 is 0.966 bits per heavy atom. The summed E-state index contributed by atoms with van der Waals surface area (Å²) in [6.07, 6.45) is -8.19. The smallest absolute Gasteiger partial charge is 0.756 e. The Labute approximate surface area is 367 Å². The van der Waals surface area contributed by atoms with Crippen molar-refractivity contribution in [3.05, 3.63) is 0 Å². The van der Waals surface area contributed by atoms with Gasteiger partial charge in [-0.2, -0.15) is 0 Å². The minimum Gasteiger partial charge on any atom is -0.756 e. The monoisotopic (exact) mass is 868 g/mol. The van der Waals surface area contributed by atoms with Crippen LogP contribution in [0.1, 0.15) is 94.9 Å². The molecule has 0 amide bonds. The summed E-state index contributed by atoms with van der Waals surface area (Å²) in [6.45, 7) is 18.0. The van der Waals surface area contributed by atoms with Crippen LogP contribution in [0.3, 0.4) is 0 Å². The number of aliphatic hydroxyl groups is 5. The Balaban J connectivity index is 0.00000263. The van der Waals surface area contributed by atoms with E-state index in [9.17, 15) is 30.3 Å². The van der Waals surface area contributed by atoms with Crippen LogP contribution >= 0.6 is 7.82 Å². The second-order valence-corrected chi connectivity index (χ2v) is 18.6. The molecule has 18 nitrogen and oxygen atoms in total. The van der Waals surface area contributed by atoms with E-state index in [1.807, 2.05) is 51.7 Å². The number of carbonyl (C=O) groups excluding carboxylic acids is 1. The van der Waals surface area contributed by atoms with Crippen LogP contribution in [0.15, 0.2) is 0 Å². The average molecular weight is 869 g/mol. The second-order valence-electron chi connectivity index (χ2n) is 17.7. The van der Waals surface area contributed by atoms with E-state index < -0.39 is 104 Å². The van der Waals surface area contributed by atoms with Crippen molar-refractivity contribution < 1.29 is 108 Å². The van der Waals surface area contributed by atoms with Gasteiger partial charge in [0.25, 0.3) is 7.82 Å². The van der Waals surface area contributed by atoms with E-state index >= 15 is 0 Å². The normalized spacial score (nSPS) is 45.5. The fourth-order valence-corrected chi connectivity index (χ4v) is 8.74. The van der Waals surface area contributed by atoms with E-state index in [1.54, 1.807) is 41.5 Å². The molecule has 0 aromatic rings. The number of hydrogen-bond acceptors (Lipinski definition) is 16. The first kappa shape index (κ1) is 56.1. The number of methoxy groups -OCH3 is 1. The van der Waals surface area contributed by atoms with Gasteiger partial charge in [0.2, 0.25) is 0 Å². The molecule has 0 aromatic carbocycles. The van der Waals surface area contributed by atoms with Crippen LogP contribution in [0.5, 0.6) is 0 Å². The molecule has 3 aliphatic heterocycles. The Morgan fingerprint density at radius 2 is 1.52 bits per heavy atom. The van der Waals surface area contributed by atoms with Gasteiger partial charge in [-0.25, -0.2) is 0 Å². The van der Waals surface area contributed by atoms with Crippen molar-refractivity contribution in [1.82, 2.24) is 9.80 Å². The Morgan fingerprint density at radius 3 is 2.02 bits per heavy atom. The first-order valence-electron chi connectivity index (χ1n) is 19.9. The van der Waals surface area contributed by atoms with Gasteiger partial charge in [0.05, 0.1) is 41.5 Å². The summed E-state index contributed by atoms with van der Waals surface area (Å²) < 4.78 is 46.3. The van der Waals surface area contributed by atoms with Gasteiger partial charge in [-0.15, -0.1) is 0 Å². The maximum absolute atomic E-state index is 14.2. The van der Waals surface area contributed by atoms with E-state index in [0.29, 0.717) is 13.0 Å². The van der Waals surface area contributed by atoms with Crippen molar-refractivity contribution >= 4 is 13.8 Å². The van der Waals surface area contributed by atoms with Gasteiger partial charge in [0, 0.05) is 38.1 Å². The molecule has 0 aromatic heterocycles. The topological polar surface area (TPSA) is 261 Å². The number of aliphatic hydroxyl groups excluding tert-OH is 3. The van der Waals surface area contributed by atoms with Gasteiger partial charge in [0.1, 0.15) is 30.0 Å². The fraction of sp³-hybridized carbons (Fsp3) is 0.974. The molecule has 0 radical (unpaired) electrons. The standard InChI is InChI=1S/C38H72N2O12.Na.H3O4P/c1-15-27-38(10,46)31(42)24(6)40(13)19-20(2)17-36(8,45)33(52-35-29(41)26(39(11)12)16-21(3)48-35)22(4)30(23(5)34(44)50-27)51-28-18-37(9,47-14)32(43)25(7)49-28;;1-5(2,3)4/h20-33,35,41-43,45-46H,15-19H2,1-14H3;;(H3,1,2,3,4)/q;+1;/p-1/t20-,21-,22+,23-,24-,25+,26+,27-,28+,29-,30+,31-,32+,33-,35+,36-,37-,38-;;/m1../s1. The fourth-order valence-electron chi connectivity index (χ4n) is 8.74. The number of likely N-dealkylation sites (N-methyl/N-ethyl adjacent to an activating group) is 2. The molecule has 3 heterocycles. The molecule has 0 aliphatic carbocycles. The quantitative estimate of drug-likeness (QED) is 0.0783. The average Bonchev–Trinajstić information content (AvgIpc) is 3.08. The summed E-state index contributed by atoms with van der Waals surface area (Å²) in [4.78, 5) is 41.0. The predicted molar refractivity (Wildman–Crippen MR) is 206 cm³/mol. The Hall–Kier alpha value is 0.1000. The minimum absolute atomic E-state index is 0. The van der Waals surface area contributed by atoms with Gasteiger partial charge in [-0.3, -0.25) is 9.36 Å². The predicted octanol–water partition coefficient (Wildman–Crippen LogP) is -2.66. The molecular formula is C38H74N2NaO16P. The largest absolute Gasteiger partial charge is 1.00 e. The minimum atomic E-state index is -4.89. The molecule has 3 saturated heterocycles. The molecule has 18 atom stereocenters. The van der Waals surface area contributed by atoms with Crippen molar-refractivity contribution in [3.8, 4) is 0 Å². The van der Waals surface area contributed by atoms with Crippen molar-refractivity contribution in [2.45, 2.75) is 185 Å².